The molecule has 1 heterocycles. The molecule has 0 amide bonds. The average Bonchev–Trinajstić information content (AvgIpc) is 2.28. The fraction of sp³-hybridized carbons (Fsp3) is 0.500. The van der Waals surface area contributed by atoms with Gasteiger partial charge >= 0.3 is 0 Å². The maximum absolute atomic E-state index is 9.23. The van der Waals surface area contributed by atoms with Gasteiger partial charge in [0.1, 0.15) is 6.07 Å². The van der Waals surface area contributed by atoms with Gasteiger partial charge in [-0.05, 0) is 26.8 Å². The molecule has 0 aliphatic carbocycles. The van der Waals surface area contributed by atoms with Crippen LogP contribution >= 0.6 is 0 Å². The van der Waals surface area contributed by atoms with Crippen LogP contribution in [0.1, 0.15) is 23.9 Å². The van der Waals surface area contributed by atoms with Crippen molar-refractivity contribution in [1.82, 2.24) is 4.98 Å². The van der Waals surface area contributed by atoms with E-state index >= 15 is 0 Å². The minimum absolute atomic E-state index is 0.227. The standard InChI is InChI=1S/C12H17N3O2/c1-8-4-11(10(5-13)9(2)14-8)15-12(3,6-16)7-17/h4,16-17H,6-7H2,1-3H3,(H,14,15). The van der Waals surface area contributed by atoms with Crippen LogP contribution in [0.5, 0.6) is 0 Å². The lowest BCUT2D eigenvalue weighted by atomic mass is 10.0. The normalized spacial score (nSPS) is 11.1. The molecule has 1 rings (SSSR count). The van der Waals surface area contributed by atoms with Crippen molar-refractivity contribution in [3.8, 4) is 6.07 Å². The second kappa shape index (κ2) is 5.13. The van der Waals surface area contributed by atoms with Gasteiger partial charge in [-0.15, -0.1) is 0 Å². The molecule has 0 bridgehead atoms. The Hall–Kier alpha value is -1.64. The van der Waals surface area contributed by atoms with E-state index in [0.717, 1.165) is 5.69 Å². The van der Waals surface area contributed by atoms with Crippen molar-refractivity contribution in [2.75, 3.05) is 18.5 Å². The Morgan fingerprint density at radius 3 is 2.47 bits per heavy atom. The van der Waals surface area contributed by atoms with Crippen molar-refractivity contribution in [3.05, 3.63) is 23.0 Å². The number of aliphatic hydroxyl groups is 2. The van der Waals surface area contributed by atoms with Gasteiger partial charge in [-0.25, -0.2) is 0 Å². The first-order chi connectivity index (χ1) is 7.95. The first kappa shape index (κ1) is 13.4. The van der Waals surface area contributed by atoms with Crippen LogP contribution in [0.2, 0.25) is 0 Å². The predicted octanol–water partition coefficient (Wildman–Crippen LogP) is 0.725. The zero-order chi connectivity index (χ0) is 13.1. The van der Waals surface area contributed by atoms with Crippen LogP contribution in [0.15, 0.2) is 6.07 Å². The van der Waals surface area contributed by atoms with Gasteiger partial charge in [-0.1, -0.05) is 0 Å². The monoisotopic (exact) mass is 235 g/mol. The molecule has 0 aliphatic heterocycles. The second-order valence-corrected chi connectivity index (χ2v) is 4.39. The van der Waals surface area contributed by atoms with E-state index in [1.165, 1.54) is 0 Å². The SMILES string of the molecule is Cc1cc(NC(C)(CO)CO)c(C#N)c(C)n1. The van der Waals surface area contributed by atoms with Crippen molar-refractivity contribution in [3.63, 3.8) is 0 Å². The van der Waals surface area contributed by atoms with E-state index in [2.05, 4.69) is 16.4 Å². The lowest BCUT2D eigenvalue weighted by Crippen LogP contribution is -2.42. The highest BCUT2D eigenvalue weighted by Gasteiger charge is 2.23. The molecule has 0 unspecified atom stereocenters. The number of rotatable bonds is 4. The molecule has 0 atom stereocenters. The molecule has 0 saturated carbocycles. The molecule has 1 aromatic rings. The predicted molar refractivity (Wildman–Crippen MR) is 64.6 cm³/mol. The third kappa shape index (κ3) is 2.93. The zero-order valence-corrected chi connectivity index (χ0v) is 10.3. The van der Waals surface area contributed by atoms with Crippen LogP contribution in [-0.4, -0.2) is 33.9 Å². The zero-order valence-electron chi connectivity index (χ0n) is 10.3. The number of aryl methyl sites for hydroxylation is 2. The van der Waals surface area contributed by atoms with Gasteiger partial charge in [0.25, 0.3) is 0 Å². The van der Waals surface area contributed by atoms with Crippen LogP contribution in [0.25, 0.3) is 0 Å². The van der Waals surface area contributed by atoms with Crippen molar-refractivity contribution in [2.45, 2.75) is 26.3 Å². The van der Waals surface area contributed by atoms with Crippen LogP contribution < -0.4 is 5.32 Å². The minimum Gasteiger partial charge on any atom is -0.394 e. The highest BCUT2D eigenvalue weighted by molar-refractivity contribution is 5.61. The molecule has 17 heavy (non-hydrogen) atoms. The van der Waals surface area contributed by atoms with Gasteiger partial charge in [0.15, 0.2) is 0 Å². The Kier molecular flexibility index (Phi) is 4.05. The number of nitrogens with one attached hydrogen (secondary N) is 1. The van der Waals surface area contributed by atoms with E-state index < -0.39 is 5.54 Å². The number of nitriles is 1. The van der Waals surface area contributed by atoms with E-state index in [0.29, 0.717) is 16.9 Å². The third-order valence-electron chi connectivity index (χ3n) is 2.57. The summed E-state index contributed by atoms with van der Waals surface area (Å²) in [5.41, 5.74) is 1.58. The molecule has 92 valence electrons. The molecule has 0 aliphatic rings. The van der Waals surface area contributed by atoms with E-state index in [1.807, 2.05) is 6.92 Å². The molecular weight excluding hydrogens is 218 g/mol. The molecule has 3 N–H and O–H groups in total. The third-order valence-corrected chi connectivity index (χ3v) is 2.57. The molecule has 0 spiro atoms. The van der Waals surface area contributed by atoms with Crippen LogP contribution in [0.3, 0.4) is 0 Å². The first-order valence-corrected chi connectivity index (χ1v) is 5.34. The van der Waals surface area contributed by atoms with Gasteiger partial charge < -0.3 is 15.5 Å². The van der Waals surface area contributed by atoms with E-state index in [9.17, 15) is 10.2 Å². The highest BCUT2D eigenvalue weighted by atomic mass is 16.3. The summed E-state index contributed by atoms with van der Waals surface area (Å²) in [6.07, 6.45) is 0. The lowest BCUT2D eigenvalue weighted by molar-refractivity contribution is 0.147. The summed E-state index contributed by atoms with van der Waals surface area (Å²) in [5.74, 6) is 0. The molecule has 1 aromatic heterocycles. The van der Waals surface area contributed by atoms with Crippen molar-refractivity contribution in [1.29, 1.82) is 5.26 Å². The van der Waals surface area contributed by atoms with Gasteiger partial charge in [0, 0.05) is 5.69 Å². The molecule has 0 radical (unpaired) electrons. The van der Waals surface area contributed by atoms with Gasteiger partial charge in [0.05, 0.1) is 35.7 Å². The van der Waals surface area contributed by atoms with Gasteiger partial charge in [-0.2, -0.15) is 5.26 Å². The number of aliphatic hydroxyl groups excluding tert-OH is 2. The van der Waals surface area contributed by atoms with Crippen LogP contribution in [0, 0.1) is 25.2 Å². The molecule has 5 heteroatoms. The van der Waals surface area contributed by atoms with Gasteiger partial charge in [0.2, 0.25) is 0 Å². The van der Waals surface area contributed by atoms with Crippen LogP contribution in [0.4, 0.5) is 5.69 Å². The number of hydrogen-bond donors (Lipinski definition) is 3. The van der Waals surface area contributed by atoms with Crippen molar-refractivity contribution >= 4 is 5.69 Å². The minimum atomic E-state index is -0.855. The number of nitrogens with zero attached hydrogens (tertiary/aromatic N) is 2. The quantitative estimate of drug-likeness (QED) is 0.715. The number of pyridine rings is 1. The number of anilines is 1. The molecule has 5 nitrogen and oxygen atoms in total. The average molecular weight is 235 g/mol. The summed E-state index contributed by atoms with van der Waals surface area (Å²) in [6.45, 7) is 4.81. The Balaban J connectivity index is 3.19. The maximum atomic E-state index is 9.23. The summed E-state index contributed by atoms with van der Waals surface area (Å²) >= 11 is 0. The van der Waals surface area contributed by atoms with E-state index in [1.54, 1.807) is 19.9 Å². The Morgan fingerprint density at radius 2 is 2.00 bits per heavy atom. The summed E-state index contributed by atoms with van der Waals surface area (Å²) in [6, 6.07) is 3.80. The first-order valence-electron chi connectivity index (χ1n) is 5.34. The number of hydrogen-bond acceptors (Lipinski definition) is 5. The summed E-state index contributed by atoms with van der Waals surface area (Å²) in [5, 5.41) is 30.5. The van der Waals surface area contributed by atoms with Crippen molar-refractivity contribution < 1.29 is 10.2 Å². The fourth-order valence-electron chi connectivity index (χ4n) is 1.52. The summed E-state index contributed by atoms with van der Waals surface area (Å²) in [7, 11) is 0. The van der Waals surface area contributed by atoms with E-state index in [4.69, 9.17) is 5.26 Å². The Labute approximate surface area is 101 Å². The molecule has 0 fully saturated rings. The van der Waals surface area contributed by atoms with Crippen LogP contribution in [-0.2, 0) is 0 Å². The summed E-state index contributed by atoms with van der Waals surface area (Å²) < 4.78 is 0. The summed E-state index contributed by atoms with van der Waals surface area (Å²) in [4.78, 5) is 4.20. The highest BCUT2D eigenvalue weighted by Crippen LogP contribution is 2.22. The largest absolute Gasteiger partial charge is 0.394 e. The van der Waals surface area contributed by atoms with Crippen molar-refractivity contribution in [2.24, 2.45) is 0 Å². The fourth-order valence-corrected chi connectivity index (χ4v) is 1.52. The maximum Gasteiger partial charge on any atom is 0.103 e. The topological polar surface area (TPSA) is 89.2 Å². The molecule has 0 saturated heterocycles. The number of aromatic nitrogens is 1. The smallest absolute Gasteiger partial charge is 0.103 e. The lowest BCUT2D eigenvalue weighted by Gasteiger charge is -2.28. The Bertz CT molecular complexity index is 448. The molecular formula is C12H17N3O2. The van der Waals surface area contributed by atoms with E-state index in [-0.39, 0.29) is 13.2 Å². The van der Waals surface area contributed by atoms with Gasteiger partial charge in [-0.3, -0.25) is 4.98 Å². The Morgan fingerprint density at radius 1 is 1.41 bits per heavy atom. The second-order valence-electron chi connectivity index (χ2n) is 4.39. The molecule has 0 aromatic carbocycles.